The Labute approximate surface area is 336 Å². The normalized spacial score (nSPS) is 56.6. The zero-order chi connectivity index (χ0) is 36.0. The van der Waals surface area contributed by atoms with Crippen LogP contribution in [0.1, 0.15) is 186 Å². The van der Waals surface area contributed by atoms with Crippen LogP contribution in [0.5, 0.6) is 0 Å². The van der Waals surface area contributed by atoms with E-state index < -0.39 is 0 Å². The third-order valence-electron chi connectivity index (χ3n) is 21.4. The SMILES string of the molecule is C1CCC(C2CCCC(C3CC4OC5C(C6NC(C7CCC8C(C7)OC7CCCCC78)C7CC8CCCCC8C7N6)CCCC5C4C4CCCCC34)C2)CC1. The molecule has 4 nitrogen and oxygen atoms in total. The molecule has 12 rings (SSSR count). The first-order valence-corrected chi connectivity index (χ1v) is 26.1. The van der Waals surface area contributed by atoms with Crippen molar-refractivity contribution in [2.45, 2.75) is 229 Å². The average Bonchev–Trinajstić information content (AvgIpc) is 3.94. The minimum atomic E-state index is 0.456. The summed E-state index contributed by atoms with van der Waals surface area (Å²) in [7, 11) is 0. The number of hydrogen-bond acceptors (Lipinski definition) is 4. The van der Waals surface area contributed by atoms with Crippen molar-refractivity contribution in [2.75, 3.05) is 0 Å². The highest BCUT2D eigenvalue weighted by Crippen LogP contribution is 2.61. The lowest BCUT2D eigenvalue weighted by Crippen LogP contribution is -2.69. The second-order valence-electron chi connectivity index (χ2n) is 23.4. The van der Waals surface area contributed by atoms with Crippen LogP contribution >= 0.6 is 0 Å². The fraction of sp³-hybridized carbons (Fsp3) is 1.00. The van der Waals surface area contributed by atoms with Gasteiger partial charge in [-0.05, 0) is 166 Å². The smallest absolute Gasteiger partial charge is 0.0666 e. The standard InChI is InChI=1S/C51H82N2O2/c1-2-12-30(13-3-1)31-15-10-16-32(26-31)42-29-46-47(39-20-7-6-18-36(39)42)40-21-11-22-41(50(40)55-46)51-52-48(43-27-33-14-4-5-17-35(33)49(43)53-51)34-24-25-38-37-19-8-9-23-44(37)54-45(38)28-34/h30-53H,1-29H2. The highest BCUT2D eigenvalue weighted by atomic mass is 16.5. The highest BCUT2D eigenvalue weighted by molar-refractivity contribution is 5.12. The van der Waals surface area contributed by atoms with E-state index >= 15 is 0 Å². The van der Waals surface area contributed by atoms with E-state index in [1.54, 1.807) is 38.5 Å². The molecule has 3 heterocycles. The fourth-order valence-electron chi connectivity index (χ4n) is 19.4. The van der Waals surface area contributed by atoms with E-state index in [0.29, 0.717) is 42.5 Å². The summed E-state index contributed by atoms with van der Waals surface area (Å²) < 4.78 is 14.8. The van der Waals surface area contributed by atoms with Gasteiger partial charge in [0.1, 0.15) is 0 Å². The van der Waals surface area contributed by atoms with Gasteiger partial charge in [-0.15, -0.1) is 0 Å². The van der Waals surface area contributed by atoms with Gasteiger partial charge in [0, 0.05) is 18.0 Å². The zero-order valence-corrected chi connectivity index (χ0v) is 35.0. The van der Waals surface area contributed by atoms with Gasteiger partial charge in [-0.25, -0.2) is 0 Å². The lowest BCUT2D eigenvalue weighted by atomic mass is 9.52. The van der Waals surface area contributed by atoms with Crippen molar-refractivity contribution in [3.63, 3.8) is 0 Å². The van der Waals surface area contributed by atoms with Crippen molar-refractivity contribution in [3.8, 4) is 0 Å². The van der Waals surface area contributed by atoms with Crippen LogP contribution in [-0.4, -0.2) is 42.7 Å². The van der Waals surface area contributed by atoms with Crippen LogP contribution in [-0.2, 0) is 9.47 Å². The summed E-state index contributed by atoms with van der Waals surface area (Å²) in [5.41, 5.74) is 0. The molecular weight excluding hydrogens is 673 g/mol. The Balaban J connectivity index is 0.792. The van der Waals surface area contributed by atoms with Crippen molar-refractivity contribution in [3.05, 3.63) is 0 Å². The second-order valence-corrected chi connectivity index (χ2v) is 23.4. The lowest BCUT2D eigenvalue weighted by Gasteiger charge is -2.53. The molecule has 0 aromatic carbocycles. The molecule has 9 saturated carbocycles. The predicted molar refractivity (Wildman–Crippen MR) is 221 cm³/mol. The molecule has 21 atom stereocenters. The van der Waals surface area contributed by atoms with Crippen LogP contribution in [0.2, 0.25) is 0 Å². The molecule has 9 aliphatic carbocycles. The molecule has 0 bridgehead atoms. The monoisotopic (exact) mass is 755 g/mol. The number of hydrogen-bond donors (Lipinski definition) is 2. The van der Waals surface area contributed by atoms with Crippen molar-refractivity contribution in [2.24, 2.45) is 88.8 Å². The third-order valence-corrected chi connectivity index (χ3v) is 21.4. The summed E-state index contributed by atoms with van der Waals surface area (Å²) in [5.74, 6) is 13.7. The molecule has 21 unspecified atom stereocenters. The lowest BCUT2D eigenvalue weighted by molar-refractivity contribution is -0.0853. The summed E-state index contributed by atoms with van der Waals surface area (Å²) >= 11 is 0. The van der Waals surface area contributed by atoms with Crippen LogP contribution in [0.25, 0.3) is 0 Å². The van der Waals surface area contributed by atoms with Gasteiger partial charge < -0.3 is 9.47 Å². The van der Waals surface area contributed by atoms with Gasteiger partial charge in [0.05, 0.1) is 30.6 Å². The van der Waals surface area contributed by atoms with Crippen LogP contribution in [0, 0.1) is 88.8 Å². The summed E-state index contributed by atoms with van der Waals surface area (Å²) in [6.45, 7) is 0. The third kappa shape index (κ3) is 6.44. The first kappa shape index (κ1) is 36.7. The van der Waals surface area contributed by atoms with Gasteiger partial charge in [0.2, 0.25) is 0 Å². The summed E-state index contributed by atoms with van der Waals surface area (Å²) in [4.78, 5) is 0. The molecule has 0 spiro atoms. The van der Waals surface area contributed by atoms with E-state index in [0.717, 1.165) is 88.9 Å². The predicted octanol–water partition coefficient (Wildman–Crippen LogP) is 11.5. The molecule has 12 fully saturated rings. The maximum absolute atomic E-state index is 7.76. The Hall–Kier alpha value is -0.160. The van der Waals surface area contributed by atoms with Gasteiger partial charge >= 0.3 is 0 Å². The minimum absolute atomic E-state index is 0.456. The quantitative estimate of drug-likeness (QED) is 0.300. The van der Waals surface area contributed by atoms with E-state index in [9.17, 15) is 0 Å². The number of fused-ring (bicyclic) bond motifs is 11. The number of rotatable bonds is 4. The Kier molecular flexibility index (Phi) is 10.3. The molecule has 3 aliphatic heterocycles. The summed E-state index contributed by atoms with van der Waals surface area (Å²) in [5, 5.41) is 9.18. The van der Waals surface area contributed by atoms with Crippen molar-refractivity contribution in [1.82, 2.24) is 10.6 Å². The van der Waals surface area contributed by atoms with Crippen LogP contribution in [0.3, 0.4) is 0 Å². The Morgan fingerprint density at radius 2 is 0.927 bits per heavy atom. The number of ether oxygens (including phenoxy) is 2. The van der Waals surface area contributed by atoms with Gasteiger partial charge in [-0.1, -0.05) is 103 Å². The Morgan fingerprint density at radius 1 is 0.291 bits per heavy atom. The van der Waals surface area contributed by atoms with Gasteiger partial charge in [-0.2, -0.15) is 0 Å². The topological polar surface area (TPSA) is 42.5 Å². The van der Waals surface area contributed by atoms with Gasteiger partial charge in [-0.3, -0.25) is 10.6 Å². The average molecular weight is 755 g/mol. The van der Waals surface area contributed by atoms with E-state index in [2.05, 4.69) is 10.6 Å². The summed E-state index contributed by atoms with van der Waals surface area (Å²) in [6, 6.07) is 1.43. The number of nitrogens with one attached hydrogen (secondary N) is 2. The molecule has 0 radical (unpaired) electrons. The van der Waals surface area contributed by atoms with Crippen molar-refractivity contribution >= 4 is 0 Å². The largest absolute Gasteiger partial charge is 0.374 e. The van der Waals surface area contributed by atoms with Crippen molar-refractivity contribution < 1.29 is 9.47 Å². The first-order chi connectivity index (χ1) is 27.2. The van der Waals surface area contributed by atoms with E-state index in [1.807, 2.05) is 0 Å². The molecule has 3 saturated heterocycles. The summed E-state index contributed by atoms with van der Waals surface area (Å²) in [6.07, 6.45) is 45.7. The molecule has 0 aromatic heterocycles. The molecule has 4 heteroatoms. The van der Waals surface area contributed by atoms with Crippen molar-refractivity contribution in [1.29, 1.82) is 0 Å². The molecule has 12 aliphatic rings. The fourth-order valence-corrected chi connectivity index (χ4v) is 19.4. The molecular formula is C51H82N2O2. The van der Waals surface area contributed by atoms with Crippen LogP contribution in [0.4, 0.5) is 0 Å². The van der Waals surface area contributed by atoms with Crippen LogP contribution in [0.15, 0.2) is 0 Å². The van der Waals surface area contributed by atoms with E-state index in [-0.39, 0.29) is 0 Å². The molecule has 55 heavy (non-hydrogen) atoms. The zero-order valence-electron chi connectivity index (χ0n) is 35.0. The molecule has 0 amide bonds. The highest BCUT2D eigenvalue weighted by Gasteiger charge is 2.61. The molecule has 308 valence electrons. The first-order valence-electron chi connectivity index (χ1n) is 26.1. The van der Waals surface area contributed by atoms with E-state index in [1.165, 1.54) is 148 Å². The maximum atomic E-state index is 7.76. The van der Waals surface area contributed by atoms with Gasteiger partial charge in [0.15, 0.2) is 0 Å². The van der Waals surface area contributed by atoms with E-state index in [4.69, 9.17) is 9.47 Å². The minimum Gasteiger partial charge on any atom is -0.374 e. The second kappa shape index (κ2) is 15.4. The molecule has 0 aromatic rings. The van der Waals surface area contributed by atoms with Crippen LogP contribution < -0.4 is 10.6 Å². The van der Waals surface area contributed by atoms with Gasteiger partial charge in [0.25, 0.3) is 0 Å². The molecule has 2 N–H and O–H groups in total. The Morgan fingerprint density at radius 3 is 1.84 bits per heavy atom. The maximum Gasteiger partial charge on any atom is 0.0666 e. The Bertz CT molecular complexity index is 1330.